The zero-order chi connectivity index (χ0) is 25.0. The number of hydrogen-bond acceptors (Lipinski definition) is 4. The van der Waals surface area contributed by atoms with Gasteiger partial charge < -0.3 is 15.2 Å². The van der Waals surface area contributed by atoms with Crippen molar-refractivity contribution < 1.29 is 19.4 Å². The van der Waals surface area contributed by atoms with Gasteiger partial charge in [0.25, 0.3) is 5.91 Å². The number of carbonyl (C=O) groups is 2. The molecule has 0 fully saturated rings. The lowest BCUT2D eigenvalue weighted by Gasteiger charge is -2.14. The van der Waals surface area contributed by atoms with Crippen molar-refractivity contribution in [1.82, 2.24) is 5.32 Å². The molecular weight excluding hydrogens is 426 g/mol. The molecule has 0 heterocycles. The highest BCUT2D eigenvalue weighted by Crippen LogP contribution is 2.24. The Kier molecular flexibility index (Phi) is 17.2. The number of aliphatic hydroxyl groups excluding tert-OH is 1. The Labute approximate surface area is 208 Å². The number of nitrogens with one attached hydrogen (secondary N) is 1. The van der Waals surface area contributed by atoms with Crippen LogP contribution in [0.15, 0.2) is 12.1 Å². The molecular formula is C29H49NO4. The molecule has 0 atom stereocenters. The number of benzene rings is 1. The Morgan fingerprint density at radius 2 is 1.21 bits per heavy atom. The number of carbonyl (C=O) groups excluding carboxylic acids is 2. The van der Waals surface area contributed by atoms with Gasteiger partial charge in [0.15, 0.2) is 5.78 Å². The molecule has 34 heavy (non-hydrogen) atoms. The van der Waals surface area contributed by atoms with Crippen LogP contribution in [0.1, 0.15) is 143 Å². The van der Waals surface area contributed by atoms with E-state index in [0.29, 0.717) is 29.0 Å². The van der Waals surface area contributed by atoms with Gasteiger partial charge in [0.1, 0.15) is 5.75 Å². The van der Waals surface area contributed by atoms with Gasteiger partial charge in [-0.15, -0.1) is 0 Å². The molecule has 0 unspecified atom stereocenters. The Morgan fingerprint density at radius 1 is 0.765 bits per heavy atom. The number of ketones is 1. The van der Waals surface area contributed by atoms with Crippen molar-refractivity contribution in [2.45, 2.75) is 123 Å². The maximum Gasteiger partial charge on any atom is 0.251 e. The number of ether oxygens (including phenoxy) is 1. The quantitative estimate of drug-likeness (QED) is 0.144. The number of aliphatic hydroxyl groups is 1. The molecule has 1 aromatic rings. The largest absolute Gasteiger partial charge is 0.497 e. The van der Waals surface area contributed by atoms with Crippen molar-refractivity contribution in [1.29, 1.82) is 0 Å². The third-order valence-corrected chi connectivity index (χ3v) is 6.56. The number of rotatable bonds is 21. The maximum absolute atomic E-state index is 12.6. The van der Waals surface area contributed by atoms with Gasteiger partial charge in [0.05, 0.1) is 13.7 Å². The molecule has 2 N–H and O–H groups in total. The van der Waals surface area contributed by atoms with Gasteiger partial charge in [0, 0.05) is 23.2 Å². The summed E-state index contributed by atoms with van der Waals surface area (Å²) in [5.41, 5.74) is 0.996. The molecule has 0 spiro atoms. The first-order chi connectivity index (χ1) is 16.5. The average Bonchev–Trinajstić information content (AvgIpc) is 2.84. The van der Waals surface area contributed by atoms with E-state index in [1.54, 1.807) is 12.1 Å². The first kappa shape index (κ1) is 30.2. The van der Waals surface area contributed by atoms with E-state index in [1.807, 2.05) is 0 Å². The Balaban J connectivity index is 2.10. The van der Waals surface area contributed by atoms with Gasteiger partial charge in [-0.3, -0.25) is 9.59 Å². The molecule has 0 saturated heterocycles. The Hall–Kier alpha value is -1.88. The summed E-state index contributed by atoms with van der Waals surface area (Å²) in [6.45, 7) is 3.92. The lowest BCUT2D eigenvalue weighted by molar-refractivity contribution is 0.0949. The summed E-state index contributed by atoms with van der Waals surface area (Å²) in [6.07, 6.45) is 21.1. The lowest BCUT2D eigenvalue weighted by Crippen LogP contribution is -2.26. The van der Waals surface area contributed by atoms with Crippen molar-refractivity contribution in [2.24, 2.45) is 0 Å². The summed E-state index contributed by atoms with van der Waals surface area (Å²) in [5, 5.41) is 12.6. The second kappa shape index (κ2) is 19.4. The molecule has 0 saturated carbocycles. The van der Waals surface area contributed by atoms with Gasteiger partial charge in [-0.05, 0) is 25.5 Å². The zero-order valence-electron chi connectivity index (χ0n) is 22.1. The summed E-state index contributed by atoms with van der Waals surface area (Å²) < 4.78 is 5.22. The summed E-state index contributed by atoms with van der Waals surface area (Å²) in [5.74, 6) is -0.0313. The predicted octanol–water partition coefficient (Wildman–Crippen LogP) is 7.38. The first-order valence-electron chi connectivity index (χ1n) is 13.7. The minimum absolute atomic E-state index is 0.199. The highest BCUT2D eigenvalue weighted by Gasteiger charge is 2.18. The maximum atomic E-state index is 12.6. The van der Waals surface area contributed by atoms with Crippen molar-refractivity contribution >= 4 is 11.7 Å². The monoisotopic (exact) mass is 475 g/mol. The number of methoxy groups -OCH3 is 1. The molecule has 0 radical (unpaired) electrons. The molecule has 194 valence electrons. The predicted molar refractivity (Wildman–Crippen MR) is 141 cm³/mol. The van der Waals surface area contributed by atoms with Gasteiger partial charge >= 0.3 is 0 Å². The van der Waals surface area contributed by atoms with Gasteiger partial charge in [-0.1, -0.05) is 103 Å². The Bertz CT molecular complexity index is 702. The lowest BCUT2D eigenvalue weighted by atomic mass is 9.97. The number of amides is 1. The number of unbranched alkanes of at least 4 members (excludes halogenated alkanes) is 15. The van der Waals surface area contributed by atoms with Gasteiger partial charge in [-0.25, -0.2) is 0 Å². The second-order valence-corrected chi connectivity index (χ2v) is 9.47. The fraction of sp³-hybridized carbons (Fsp3) is 0.724. The van der Waals surface area contributed by atoms with E-state index in [0.717, 1.165) is 12.8 Å². The summed E-state index contributed by atoms with van der Waals surface area (Å²) in [6, 6.07) is 3.15. The van der Waals surface area contributed by atoms with Crippen LogP contribution in [0.4, 0.5) is 0 Å². The zero-order valence-corrected chi connectivity index (χ0v) is 22.1. The second-order valence-electron chi connectivity index (χ2n) is 9.47. The third kappa shape index (κ3) is 12.5. The smallest absolute Gasteiger partial charge is 0.251 e. The minimum atomic E-state index is -0.360. The average molecular weight is 476 g/mol. The standard InChI is InChI=1S/C29H49NO4/c1-4-5-6-7-8-9-10-11-12-13-14-15-16-17-18-19-20-30-29(33)27-22-25(34-3)21-26(24(2)32)28(27)23-31/h21-22,31H,4-20,23H2,1-3H3,(H,30,33). The number of hydrogen-bond donors (Lipinski definition) is 2. The van der Waals surface area contributed by atoms with E-state index in [9.17, 15) is 14.7 Å². The third-order valence-electron chi connectivity index (χ3n) is 6.56. The van der Waals surface area contributed by atoms with Crippen molar-refractivity contribution in [3.05, 3.63) is 28.8 Å². The van der Waals surface area contributed by atoms with Crippen LogP contribution in [0.2, 0.25) is 0 Å². The van der Waals surface area contributed by atoms with E-state index < -0.39 is 0 Å². The van der Waals surface area contributed by atoms with Crippen LogP contribution in [0, 0.1) is 0 Å². The molecule has 0 aromatic heterocycles. The van der Waals surface area contributed by atoms with Crippen LogP contribution in [-0.4, -0.2) is 30.5 Å². The highest BCUT2D eigenvalue weighted by atomic mass is 16.5. The van der Waals surface area contributed by atoms with Crippen molar-refractivity contribution in [3.8, 4) is 5.75 Å². The normalized spacial score (nSPS) is 10.9. The number of Topliss-reactive ketones (excluding diaryl/α,β-unsaturated/α-hetero) is 1. The first-order valence-corrected chi connectivity index (χ1v) is 13.7. The molecule has 1 amide bonds. The molecule has 0 bridgehead atoms. The molecule has 5 nitrogen and oxygen atoms in total. The summed E-state index contributed by atoms with van der Waals surface area (Å²) >= 11 is 0. The SMILES string of the molecule is CCCCCCCCCCCCCCCCCCNC(=O)c1cc(OC)cc(C(C)=O)c1CO. The topological polar surface area (TPSA) is 75.6 Å². The van der Waals surface area contributed by atoms with Crippen LogP contribution >= 0.6 is 0 Å². The summed E-state index contributed by atoms with van der Waals surface area (Å²) in [7, 11) is 1.50. The fourth-order valence-corrected chi connectivity index (χ4v) is 4.42. The summed E-state index contributed by atoms with van der Waals surface area (Å²) in [4.78, 5) is 24.5. The van der Waals surface area contributed by atoms with Crippen LogP contribution in [0.3, 0.4) is 0 Å². The van der Waals surface area contributed by atoms with Crippen LogP contribution in [-0.2, 0) is 6.61 Å². The van der Waals surface area contributed by atoms with E-state index in [1.165, 1.54) is 104 Å². The van der Waals surface area contributed by atoms with Gasteiger partial charge in [-0.2, -0.15) is 0 Å². The van der Waals surface area contributed by atoms with Crippen LogP contribution in [0.25, 0.3) is 0 Å². The molecule has 0 aliphatic carbocycles. The van der Waals surface area contributed by atoms with Crippen LogP contribution < -0.4 is 10.1 Å². The molecule has 5 heteroatoms. The fourth-order valence-electron chi connectivity index (χ4n) is 4.42. The van der Waals surface area contributed by atoms with E-state index in [-0.39, 0.29) is 18.3 Å². The van der Waals surface area contributed by atoms with Gasteiger partial charge in [0.2, 0.25) is 0 Å². The Morgan fingerprint density at radius 3 is 1.62 bits per heavy atom. The van der Waals surface area contributed by atoms with Crippen LogP contribution in [0.5, 0.6) is 5.75 Å². The highest BCUT2D eigenvalue weighted by molar-refractivity contribution is 6.02. The van der Waals surface area contributed by atoms with Crippen molar-refractivity contribution in [3.63, 3.8) is 0 Å². The van der Waals surface area contributed by atoms with Crippen molar-refractivity contribution in [2.75, 3.05) is 13.7 Å². The van der Waals surface area contributed by atoms with E-state index in [2.05, 4.69) is 12.2 Å². The molecule has 0 aliphatic rings. The molecule has 1 aromatic carbocycles. The van der Waals surface area contributed by atoms with E-state index >= 15 is 0 Å². The molecule has 1 rings (SSSR count). The van der Waals surface area contributed by atoms with E-state index in [4.69, 9.17) is 4.74 Å². The molecule has 0 aliphatic heterocycles. The minimum Gasteiger partial charge on any atom is -0.497 e.